The summed E-state index contributed by atoms with van der Waals surface area (Å²) in [6, 6.07) is 11.9. The van der Waals surface area contributed by atoms with Gasteiger partial charge in [-0.2, -0.15) is 10.2 Å². The average Bonchev–Trinajstić information content (AvgIpc) is 2.68. The van der Waals surface area contributed by atoms with Crippen LogP contribution in [0.25, 0.3) is 0 Å². The van der Waals surface area contributed by atoms with Crippen LogP contribution in [0.3, 0.4) is 0 Å². The number of nitrogens with one attached hydrogen (secondary N) is 1. The standard InChI is InChI=1S/C20H15F2N5O/c1-27-17(13-6-14(21)8-15(22)7-13)11-28-18-10-24-20(26-19(18)27)25-16-4-2-12(9-23)3-5-16/h2-8,10,17H,11H2,1H3,(H,24,25,26). The quantitative estimate of drug-likeness (QED) is 0.743. The first-order valence-corrected chi connectivity index (χ1v) is 8.49. The van der Waals surface area contributed by atoms with Crippen molar-refractivity contribution in [1.82, 2.24) is 9.97 Å². The Labute approximate surface area is 160 Å². The van der Waals surface area contributed by atoms with E-state index < -0.39 is 17.7 Å². The number of likely N-dealkylation sites (N-methyl/N-ethyl adjacent to an activating group) is 1. The van der Waals surface area contributed by atoms with Crippen molar-refractivity contribution in [3.05, 3.63) is 71.4 Å². The van der Waals surface area contributed by atoms with Crippen molar-refractivity contribution in [3.63, 3.8) is 0 Å². The van der Waals surface area contributed by atoms with Crippen molar-refractivity contribution in [3.8, 4) is 11.8 Å². The van der Waals surface area contributed by atoms with E-state index in [4.69, 9.17) is 10.00 Å². The molecule has 6 nitrogen and oxygen atoms in total. The van der Waals surface area contributed by atoms with Crippen LogP contribution in [0.1, 0.15) is 17.2 Å². The number of nitriles is 1. The highest BCUT2D eigenvalue weighted by atomic mass is 19.1. The van der Waals surface area contributed by atoms with Gasteiger partial charge in [0.2, 0.25) is 5.95 Å². The van der Waals surface area contributed by atoms with Crippen molar-refractivity contribution in [2.75, 3.05) is 23.9 Å². The molecule has 0 fully saturated rings. The topological polar surface area (TPSA) is 74.1 Å². The van der Waals surface area contributed by atoms with Gasteiger partial charge in [0.05, 0.1) is 23.9 Å². The van der Waals surface area contributed by atoms with E-state index in [1.165, 1.54) is 12.1 Å². The lowest BCUT2D eigenvalue weighted by atomic mass is 10.0. The normalized spacial score (nSPS) is 15.4. The molecule has 1 unspecified atom stereocenters. The summed E-state index contributed by atoms with van der Waals surface area (Å²) >= 11 is 0. The number of aromatic nitrogens is 2. The zero-order valence-corrected chi connectivity index (χ0v) is 14.9. The van der Waals surface area contributed by atoms with Gasteiger partial charge in [-0.3, -0.25) is 0 Å². The van der Waals surface area contributed by atoms with Gasteiger partial charge in [0.25, 0.3) is 0 Å². The number of hydrogen-bond donors (Lipinski definition) is 1. The minimum Gasteiger partial charge on any atom is -0.486 e. The van der Waals surface area contributed by atoms with Crippen molar-refractivity contribution in [1.29, 1.82) is 5.26 Å². The molecular formula is C20H15F2N5O. The van der Waals surface area contributed by atoms with Gasteiger partial charge in [0.1, 0.15) is 18.2 Å². The molecule has 2 aromatic carbocycles. The molecule has 0 amide bonds. The summed E-state index contributed by atoms with van der Waals surface area (Å²) in [6.07, 6.45) is 1.55. The number of ether oxygens (including phenoxy) is 1. The molecule has 1 aliphatic heterocycles. The van der Waals surface area contributed by atoms with Gasteiger partial charge in [0.15, 0.2) is 11.6 Å². The van der Waals surface area contributed by atoms with Crippen LogP contribution in [0.4, 0.5) is 26.2 Å². The van der Waals surface area contributed by atoms with E-state index >= 15 is 0 Å². The lowest BCUT2D eigenvalue weighted by molar-refractivity contribution is 0.264. The van der Waals surface area contributed by atoms with Crippen molar-refractivity contribution in [2.24, 2.45) is 0 Å². The van der Waals surface area contributed by atoms with Gasteiger partial charge in [-0.1, -0.05) is 0 Å². The van der Waals surface area contributed by atoms with Crippen LogP contribution in [-0.4, -0.2) is 23.6 Å². The van der Waals surface area contributed by atoms with Gasteiger partial charge in [-0.15, -0.1) is 0 Å². The summed E-state index contributed by atoms with van der Waals surface area (Å²) in [5.74, 6) is 0.0539. The van der Waals surface area contributed by atoms with Gasteiger partial charge in [0, 0.05) is 18.8 Å². The van der Waals surface area contributed by atoms with Crippen molar-refractivity contribution < 1.29 is 13.5 Å². The molecule has 4 rings (SSSR count). The molecule has 0 bridgehead atoms. The Hall–Kier alpha value is -3.73. The van der Waals surface area contributed by atoms with E-state index in [1.807, 2.05) is 0 Å². The molecule has 1 N–H and O–H groups in total. The molecule has 3 aromatic rings. The first-order valence-electron chi connectivity index (χ1n) is 8.49. The lowest BCUT2D eigenvalue weighted by Crippen LogP contribution is -2.34. The molecule has 0 aliphatic carbocycles. The number of nitrogens with zero attached hydrogens (tertiary/aromatic N) is 4. The zero-order valence-electron chi connectivity index (χ0n) is 14.9. The summed E-state index contributed by atoms with van der Waals surface area (Å²) in [6.45, 7) is 0.220. The molecule has 140 valence electrons. The fraction of sp³-hybridized carbons (Fsp3) is 0.150. The number of rotatable bonds is 3. The summed E-state index contributed by atoms with van der Waals surface area (Å²) in [5, 5.41) is 11.9. The minimum atomic E-state index is -0.639. The Balaban J connectivity index is 1.61. The Kier molecular flexibility index (Phi) is 4.49. The van der Waals surface area contributed by atoms with Gasteiger partial charge in [-0.05, 0) is 42.0 Å². The number of halogens is 2. The first-order chi connectivity index (χ1) is 13.5. The second kappa shape index (κ2) is 7.12. The highest BCUT2D eigenvalue weighted by Crippen LogP contribution is 2.37. The smallest absolute Gasteiger partial charge is 0.229 e. The van der Waals surface area contributed by atoms with E-state index in [0.29, 0.717) is 28.6 Å². The van der Waals surface area contributed by atoms with Crippen LogP contribution in [0.15, 0.2) is 48.7 Å². The van der Waals surface area contributed by atoms with E-state index in [-0.39, 0.29) is 6.61 Å². The number of anilines is 3. The summed E-state index contributed by atoms with van der Waals surface area (Å²) < 4.78 is 32.9. The maximum atomic E-state index is 13.6. The van der Waals surface area contributed by atoms with Crippen LogP contribution in [0, 0.1) is 23.0 Å². The Morgan fingerprint density at radius 3 is 2.57 bits per heavy atom. The molecule has 8 heteroatoms. The maximum absolute atomic E-state index is 13.6. The molecule has 28 heavy (non-hydrogen) atoms. The van der Waals surface area contributed by atoms with E-state index in [0.717, 1.165) is 11.8 Å². The zero-order chi connectivity index (χ0) is 19.7. The molecule has 1 atom stereocenters. The largest absolute Gasteiger partial charge is 0.486 e. The number of fused-ring (bicyclic) bond motifs is 1. The van der Waals surface area contributed by atoms with E-state index in [9.17, 15) is 8.78 Å². The summed E-state index contributed by atoms with van der Waals surface area (Å²) in [4.78, 5) is 10.5. The van der Waals surface area contributed by atoms with Gasteiger partial charge in [-0.25, -0.2) is 13.8 Å². The predicted octanol–water partition coefficient (Wildman–Crippen LogP) is 3.94. The van der Waals surface area contributed by atoms with Crippen molar-refractivity contribution >= 4 is 17.5 Å². The average molecular weight is 379 g/mol. The van der Waals surface area contributed by atoms with Crippen LogP contribution in [-0.2, 0) is 0 Å². The summed E-state index contributed by atoms with van der Waals surface area (Å²) in [7, 11) is 1.79. The minimum absolute atomic E-state index is 0.220. The van der Waals surface area contributed by atoms with E-state index in [1.54, 1.807) is 42.4 Å². The molecule has 0 spiro atoms. The summed E-state index contributed by atoms with van der Waals surface area (Å²) in [5.41, 5.74) is 1.74. The molecule has 1 aliphatic rings. The first kappa shape index (κ1) is 17.7. The van der Waals surface area contributed by atoms with Gasteiger partial charge >= 0.3 is 0 Å². The lowest BCUT2D eigenvalue weighted by Gasteiger charge is -2.35. The van der Waals surface area contributed by atoms with Crippen LogP contribution < -0.4 is 15.0 Å². The molecule has 0 radical (unpaired) electrons. The fourth-order valence-corrected chi connectivity index (χ4v) is 3.05. The fourth-order valence-electron chi connectivity index (χ4n) is 3.05. The molecule has 2 heterocycles. The van der Waals surface area contributed by atoms with Gasteiger partial charge < -0.3 is 15.0 Å². The van der Waals surface area contributed by atoms with Crippen LogP contribution in [0.5, 0.6) is 5.75 Å². The number of hydrogen-bond acceptors (Lipinski definition) is 6. The third kappa shape index (κ3) is 3.42. The SMILES string of the molecule is CN1c2nc(Nc3ccc(C#N)cc3)ncc2OCC1c1cc(F)cc(F)c1. The molecule has 1 aromatic heterocycles. The molecule has 0 saturated heterocycles. The van der Waals surface area contributed by atoms with E-state index in [2.05, 4.69) is 21.4 Å². The highest BCUT2D eigenvalue weighted by Gasteiger charge is 2.29. The monoisotopic (exact) mass is 379 g/mol. The van der Waals surface area contributed by atoms with Crippen molar-refractivity contribution in [2.45, 2.75) is 6.04 Å². The molecule has 0 saturated carbocycles. The molecular weight excluding hydrogens is 364 g/mol. The third-order valence-corrected chi connectivity index (χ3v) is 4.47. The van der Waals surface area contributed by atoms with Crippen LogP contribution in [0.2, 0.25) is 0 Å². The predicted molar refractivity (Wildman–Crippen MR) is 99.5 cm³/mol. The third-order valence-electron chi connectivity index (χ3n) is 4.47. The highest BCUT2D eigenvalue weighted by molar-refractivity contribution is 5.61. The van der Waals surface area contributed by atoms with Crippen LogP contribution >= 0.6 is 0 Å². The maximum Gasteiger partial charge on any atom is 0.229 e. The Morgan fingerprint density at radius 2 is 1.89 bits per heavy atom. The Morgan fingerprint density at radius 1 is 1.18 bits per heavy atom. The second-order valence-corrected chi connectivity index (χ2v) is 6.34. The second-order valence-electron chi connectivity index (χ2n) is 6.34. The Bertz CT molecular complexity index is 1040. The number of benzene rings is 2.